The van der Waals surface area contributed by atoms with Crippen molar-refractivity contribution >= 4 is 33.1 Å². The SMILES string of the molecule is COCCNC(=S)NCCC(=O)NC1CCS(=O)(=O)C1. The predicted octanol–water partition coefficient (Wildman–Crippen LogP) is -1.21. The molecule has 1 heterocycles. The zero-order valence-electron chi connectivity index (χ0n) is 11.5. The van der Waals surface area contributed by atoms with Gasteiger partial charge in [0.05, 0.1) is 18.1 Å². The molecule has 1 unspecified atom stereocenters. The largest absolute Gasteiger partial charge is 0.383 e. The molecule has 0 spiro atoms. The fourth-order valence-electron chi connectivity index (χ4n) is 1.83. The summed E-state index contributed by atoms with van der Waals surface area (Å²) >= 11 is 5.00. The number of rotatable bonds is 7. The van der Waals surface area contributed by atoms with E-state index in [1.54, 1.807) is 7.11 Å². The standard InChI is InChI=1S/C11H21N3O4S2/c1-18-6-5-13-11(19)12-4-2-10(15)14-9-3-7-20(16,17)8-9/h9H,2-8H2,1H3,(H,14,15)(H2,12,13,19). The summed E-state index contributed by atoms with van der Waals surface area (Å²) in [5, 5.41) is 9.01. The molecule has 0 radical (unpaired) electrons. The number of hydrogen-bond acceptors (Lipinski definition) is 5. The van der Waals surface area contributed by atoms with Crippen molar-refractivity contribution in [2.75, 3.05) is 38.3 Å². The number of thiocarbonyl (C=S) groups is 1. The van der Waals surface area contributed by atoms with Gasteiger partial charge in [-0.05, 0) is 18.6 Å². The zero-order valence-corrected chi connectivity index (χ0v) is 13.1. The molecule has 0 aromatic carbocycles. The third kappa shape index (κ3) is 7.01. The number of hydrogen-bond donors (Lipinski definition) is 3. The van der Waals surface area contributed by atoms with Gasteiger partial charge in [-0.2, -0.15) is 0 Å². The Morgan fingerprint density at radius 3 is 2.65 bits per heavy atom. The number of amides is 1. The zero-order chi connectivity index (χ0) is 15.0. The topological polar surface area (TPSA) is 96.5 Å². The monoisotopic (exact) mass is 323 g/mol. The molecule has 1 aliphatic heterocycles. The van der Waals surface area contributed by atoms with Crippen LogP contribution in [-0.4, -0.2) is 63.8 Å². The van der Waals surface area contributed by atoms with Crippen LogP contribution in [0.25, 0.3) is 0 Å². The Bertz CT molecular complexity index is 439. The van der Waals surface area contributed by atoms with E-state index in [4.69, 9.17) is 17.0 Å². The molecule has 1 atom stereocenters. The van der Waals surface area contributed by atoms with E-state index in [0.717, 1.165) is 0 Å². The van der Waals surface area contributed by atoms with E-state index in [2.05, 4.69) is 16.0 Å². The van der Waals surface area contributed by atoms with Gasteiger partial charge in [-0.3, -0.25) is 4.79 Å². The minimum absolute atomic E-state index is 0.0448. The Kier molecular flexibility index (Phi) is 7.17. The van der Waals surface area contributed by atoms with Crippen molar-refractivity contribution in [3.8, 4) is 0 Å². The van der Waals surface area contributed by atoms with Gasteiger partial charge < -0.3 is 20.7 Å². The van der Waals surface area contributed by atoms with Crippen LogP contribution in [0.2, 0.25) is 0 Å². The van der Waals surface area contributed by atoms with Crippen LogP contribution in [0.5, 0.6) is 0 Å². The van der Waals surface area contributed by atoms with Gasteiger partial charge in [0.1, 0.15) is 0 Å². The van der Waals surface area contributed by atoms with Crippen LogP contribution in [0.4, 0.5) is 0 Å². The van der Waals surface area contributed by atoms with E-state index in [9.17, 15) is 13.2 Å². The van der Waals surface area contributed by atoms with Crippen molar-refractivity contribution < 1.29 is 17.9 Å². The van der Waals surface area contributed by atoms with Gasteiger partial charge in [-0.1, -0.05) is 0 Å². The molecule has 20 heavy (non-hydrogen) atoms. The summed E-state index contributed by atoms with van der Waals surface area (Å²) in [4.78, 5) is 11.6. The Hall–Kier alpha value is -0.930. The second kappa shape index (κ2) is 8.38. The molecule has 0 aromatic heterocycles. The van der Waals surface area contributed by atoms with E-state index in [1.807, 2.05) is 0 Å². The number of carbonyl (C=O) groups excluding carboxylic acids is 1. The number of sulfone groups is 1. The molecule has 0 aliphatic carbocycles. The Balaban J connectivity index is 2.10. The summed E-state index contributed by atoms with van der Waals surface area (Å²) in [7, 11) is -1.36. The lowest BCUT2D eigenvalue weighted by atomic mass is 10.2. The van der Waals surface area contributed by atoms with Crippen LogP contribution in [0, 0.1) is 0 Å². The summed E-state index contributed by atoms with van der Waals surface area (Å²) in [5.41, 5.74) is 0. The lowest BCUT2D eigenvalue weighted by molar-refractivity contribution is -0.121. The molecule has 0 bridgehead atoms. The van der Waals surface area contributed by atoms with Gasteiger partial charge in [0, 0.05) is 32.7 Å². The maximum Gasteiger partial charge on any atom is 0.222 e. The fourth-order valence-corrected chi connectivity index (χ4v) is 3.70. The van der Waals surface area contributed by atoms with E-state index < -0.39 is 9.84 Å². The van der Waals surface area contributed by atoms with Gasteiger partial charge >= 0.3 is 0 Å². The number of carbonyl (C=O) groups is 1. The van der Waals surface area contributed by atoms with Crippen LogP contribution < -0.4 is 16.0 Å². The highest BCUT2D eigenvalue weighted by Crippen LogP contribution is 2.11. The van der Waals surface area contributed by atoms with E-state index in [-0.39, 0.29) is 29.9 Å². The lowest BCUT2D eigenvalue weighted by Gasteiger charge is -2.12. The normalized spacial score (nSPS) is 20.4. The minimum Gasteiger partial charge on any atom is -0.383 e. The Morgan fingerprint density at radius 1 is 1.35 bits per heavy atom. The van der Waals surface area contributed by atoms with Crippen molar-refractivity contribution in [1.29, 1.82) is 0 Å². The summed E-state index contributed by atoms with van der Waals surface area (Å²) in [5.74, 6) is 0.0339. The molecular weight excluding hydrogens is 302 g/mol. The maximum absolute atomic E-state index is 11.6. The van der Waals surface area contributed by atoms with Gasteiger partial charge in [0.2, 0.25) is 5.91 Å². The van der Waals surface area contributed by atoms with Crippen LogP contribution in [0.1, 0.15) is 12.8 Å². The third-order valence-electron chi connectivity index (χ3n) is 2.83. The molecule has 1 aliphatic rings. The molecular formula is C11H21N3O4S2. The smallest absolute Gasteiger partial charge is 0.222 e. The lowest BCUT2D eigenvalue weighted by Crippen LogP contribution is -2.40. The van der Waals surface area contributed by atoms with Gasteiger partial charge in [0.25, 0.3) is 0 Å². The third-order valence-corrected chi connectivity index (χ3v) is 4.88. The first-order valence-corrected chi connectivity index (χ1v) is 8.66. The highest BCUT2D eigenvalue weighted by Gasteiger charge is 2.28. The first-order chi connectivity index (χ1) is 9.43. The quantitative estimate of drug-likeness (QED) is 0.400. The molecule has 9 heteroatoms. The molecule has 116 valence electrons. The fraction of sp³-hybridized carbons (Fsp3) is 0.818. The predicted molar refractivity (Wildman–Crippen MR) is 80.3 cm³/mol. The average Bonchev–Trinajstić information content (AvgIpc) is 2.69. The molecule has 1 saturated heterocycles. The van der Waals surface area contributed by atoms with Gasteiger partial charge in [-0.15, -0.1) is 0 Å². The maximum atomic E-state index is 11.6. The Morgan fingerprint density at radius 2 is 2.05 bits per heavy atom. The van der Waals surface area contributed by atoms with Crippen LogP contribution >= 0.6 is 12.2 Å². The molecule has 1 amide bonds. The number of nitrogens with one attached hydrogen (secondary N) is 3. The van der Waals surface area contributed by atoms with Crippen molar-refractivity contribution in [3.63, 3.8) is 0 Å². The Labute approximate surface area is 124 Å². The molecule has 1 rings (SSSR count). The summed E-state index contributed by atoms with van der Waals surface area (Å²) in [6.07, 6.45) is 0.751. The van der Waals surface area contributed by atoms with Crippen molar-refractivity contribution in [2.45, 2.75) is 18.9 Å². The van der Waals surface area contributed by atoms with Crippen LogP contribution in [0.3, 0.4) is 0 Å². The molecule has 0 saturated carbocycles. The van der Waals surface area contributed by atoms with E-state index >= 15 is 0 Å². The highest BCUT2D eigenvalue weighted by atomic mass is 32.2. The van der Waals surface area contributed by atoms with E-state index in [1.165, 1.54) is 0 Å². The highest BCUT2D eigenvalue weighted by molar-refractivity contribution is 7.91. The second-order valence-corrected chi connectivity index (χ2v) is 7.23. The van der Waals surface area contributed by atoms with Gasteiger partial charge in [0.15, 0.2) is 14.9 Å². The molecule has 3 N–H and O–H groups in total. The van der Waals surface area contributed by atoms with Crippen molar-refractivity contribution in [2.24, 2.45) is 0 Å². The van der Waals surface area contributed by atoms with Gasteiger partial charge in [-0.25, -0.2) is 8.42 Å². The van der Waals surface area contributed by atoms with E-state index in [0.29, 0.717) is 31.2 Å². The first-order valence-electron chi connectivity index (χ1n) is 6.43. The summed E-state index contributed by atoms with van der Waals surface area (Å²) in [6, 6.07) is -0.251. The van der Waals surface area contributed by atoms with Crippen molar-refractivity contribution in [1.82, 2.24) is 16.0 Å². The summed E-state index contributed by atoms with van der Waals surface area (Å²) in [6.45, 7) is 1.57. The summed E-state index contributed by atoms with van der Waals surface area (Å²) < 4.78 is 27.4. The second-order valence-electron chi connectivity index (χ2n) is 4.59. The molecule has 1 fully saturated rings. The molecule has 7 nitrogen and oxygen atoms in total. The van der Waals surface area contributed by atoms with Crippen molar-refractivity contribution in [3.05, 3.63) is 0 Å². The van der Waals surface area contributed by atoms with Crippen LogP contribution in [0.15, 0.2) is 0 Å². The first kappa shape index (κ1) is 17.1. The number of methoxy groups -OCH3 is 1. The minimum atomic E-state index is -2.96. The number of ether oxygens (including phenoxy) is 1. The average molecular weight is 323 g/mol. The van der Waals surface area contributed by atoms with Crippen LogP contribution in [-0.2, 0) is 19.4 Å². The molecule has 0 aromatic rings.